The van der Waals surface area contributed by atoms with Crippen molar-refractivity contribution in [1.29, 1.82) is 0 Å². The molecule has 0 saturated heterocycles. The van der Waals surface area contributed by atoms with Crippen LogP contribution in [-0.4, -0.2) is 18.6 Å². The maximum atomic E-state index is 5.12. The van der Waals surface area contributed by atoms with E-state index in [1.54, 1.807) is 13.3 Å². The van der Waals surface area contributed by atoms with Crippen LogP contribution in [-0.2, 0) is 6.54 Å². The summed E-state index contributed by atoms with van der Waals surface area (Å²) in [6.45, 7) is 4.41. The van der Waals surface area contributed by atoms with Gasteiger partial charge in [0.25, 0.3) is 0 Å². The molecule has 0 aromatic carbocycles. The molecule has 2 rings (SSSR count). The zero-order valence-electron chi connectivity index (χ0n) is 11.5. The number of ether oxygens (including phenoxy) is 1. The Morgan fingerprint density at radius 1 is 1.33 bits per heavy atom. The first-order valence-electron chi connectivity index (χ1n) is 6.97. The third-order valence-electron chi connectivity index (χ3n) is 3.91. The van der Waals surface area contributed by atoms with E-state index in [-0.39, 0.29) is 0 Å². The third-order valence-corrected chi connectivity index (χ3v) is 3.91. The first-order valence-corrected chi connectivity index (χ1v) is 6.97. The highest BCUT2D eigenvalue weighted by molar-refractivity contribution is 5.20. The molecule has 3 nitrogen and oxygen atoms in total. The van der Waals surface area contributed by atoms with Crippen LogP contribution in [0.3, 0.4) is 0 Å². The molecular weight excluding hydrogens is 224 g/mol. The second kappa shape index (κ2) is 6.74. The molecule has 100 valence electrons. The fourth-order valence-electron chi connectivity index (χ4n) is 2.63. The molecular formula is C15H24N2O. The lowest BCUT2D eigenvalue weighted by atomic mass is 9.83. The van der Waals surface area contributed by atoms with Crippen LogP contribution in [0.15, 0.2) is 18.3 Å². The second-order valence-electron chi connectivity index (χ2n) is 5.46. The van der Waals surface area contributed by atoms with Gasteiger partial charge < -0.3 is 10.1 Å². The van der Waals surface area contributed by atoms with E-state index in [0.29, 0.717) is 5.88 Å². The van der Waals surface area contributed by atoms with E-state index in [1.165, 1.54) is 31.2 Å². The van der Waals surface area contributed by atoms with Gasteiger partial charge >= 0.3 is 0 Å². The zero-order valence-corrected chi connectivity index (χ0v) is 11.5. The number of hydrogen-bond acceptors (Lipinski definition) is 3. The van der Waals surface area contributed by atoms with E-state index in [0.717, 1.165) is 24.9 Å². The van der Waals surface area contributed by atoms with E-state index >= 15 is 0 Å². The molecule has 1 aliphatic carbocycles. The van der Waals surface area contributed by atoms with Crippen molar-refractivity contribution in [1.82, 2.24) is 10.3 Å². The summed E-state index contributed by atoms with van der Waals surface area (Å²) in [4.78, 5) is 4.11. The van der Waals surface area contributed by atoms with Crippen LogP contribution in [0.1, 0.15) is 38.2 Å². The van der Waals surface area contributed by atoms with E-state index in [9.17, 15) is 0 Å². The van der Waals surface area contributed by atoms with Crippen molar-refractivity contribution >= 4 is 0 Å². The maximum Gasteiger partial charge on any atom is 0.213 e. The number of pyridine rings is 1. The van der Waals surface area contributed by atoms with Crippen molar-refractivity contribution in [2.24, 2.45) is 11.8 Å². The topological polar surface area (TPSA) is 34.1 Å². The Labute approximate surface area is 110 Å². The van der Waals surface area contributed by atoms with Gasteiger partial charge in [-0.15, -0.1) is 0 Å². The van der Waals surface area contributed by atoms with Crippen LogP contribution in [0.5, 0.6) is 5.88 Å². The Balaban J connectivity index is 1.71. The smallest absolute Gasteiger partial charge is 0.213 e. The molecule has 1 fully saturated rings. The van der Waals surface area contributed by atoms with Gasteiger partial charge in [0.15, 0.2) is 0 Å². The summed E-state index contributed by atoms with van der Waals surface area (Å²) in [6, 6.07) is 4.04. The number of aromatic nitrogens is 1. The van der Waals surface area contributed by atoms with Gasteiger partial charge in [-0.3, -0.25) is 0 Å². The van der Waals surface area contributed by atoms with Gasteiger partial charge in [0.1, 0.15) is 0 Å². The minimum absolute atomic E-state index is 0.695. The van der Waals surface area contributed by atoms with E-state index < -0.39 is 0 Å². The summed E-state index contributed by atoms with van der Waals surface area (Å²) >= 11 is 0. The molecule has 1 saturated carbocycles. The predicted octanol–water partition coefficient (Wildman–Crippen LogP) is 3.01. The van der Waals surface area contributed by atoms with Gasteiger partial charge in [0.05, 0.1) is 7.11 Å². The molecule has 0 atom stereocenters. The molecule has 3 heteroatoms. The van der Waals surface area contributed by atoms with E-state index in [4.69, 9.17) is 4.74 Å². The van der Waals surface area contributed by atoms with Crippen LogP contribution < -0.4 is 10.1 Å². The van der Waals surface area contributed by atoms with Gasteiger partial charge in [-0.1, -0.05) is 19.8 Å². The van der Waals surface area contributed by atoms with Crippen molar-refractivity contribution in [2.75, 3.05) is 13.7 Å². The van der Waals surface area contributed by atoms with Gasteiger partial charge in [-0.25, -0.2) is 4.98 Å². The molecule has 0 spiro atoms. The van der Waals surface area contributed by atoms with Gasteiger partial charge in [0, 0.05) is 18.8 Å². The first-order chi connectivity index (χ1) is 8.78. The molecule has 1 N–H and O–H groups in total. The number of hydrogen-bond donors (Lipinski definition) is 1. The van der Waals surface area contributed by atoms with Crippen LogP contribution in [0, 0.1) is 11.8 Å². The van der Waals surface area contributed by atoms with Crippen molar-refractivity contribution in [3.05, 3.63) is 23.9 Å². The van der Waals surface area contributed by atoms with Crippen molar-refractivity contribution in [3.63, 3.8) is 0 Å². The predicted molar refractivity (Wildman–Crippen MR) is 73.6 cm³/mol. The summed E-state index contributed by atoms with van der Waals surface area (Å²) in [6.07, 6.45) is 7.37. The van der Waals surface area contributed by atoms with E-state index in [1.807, 2.05) is 12.1 Å². The van der Waals surface area contributed by atoms with Gasteiger partial charge in [-0.05, 0) is 42.9 Å². The molecule has 1 aliphatic rings. The number of nitrogens with one attached hydrogen (secondary N) is 1. The molecule has 0 amide bonds. The largest absolute Gasteiger partial charge is 0.481 e. The SMILES string of the molecule is COc1cc(CNCC2CCC(C)CC2)ccn1. The number of nitrogens with zero attached hydrogens (tertiary/aromatic N) is 1. The van der Waals surface area contributed by atoms with Crippen molar-refractivity contribution < 1.29 is 4.74 Å². The minimum Gasteiger partial charge on any atom is -0.481 e. The summed E-state index contributed by atoms with van der Waals surface area (Å²) in [7, 11) is 1.66. The summed E-state index contributed by atoms with van der Waals surface area (Å²) < 4.78 is 5.12. The van der Waals surface area contributed by atoms with Crippen LogP contribution >= 0.6 is 0 Å². The van der Waals surface area contributed by atoms with Crippen LogP contribution in [0.2, 0.25) is 0 Å². The molecule has 0 unspecified atom stereocenters. The lowest BCUT2D eigenvalue weighted by molar-refractivity contribution is 0.281. The monoisotopic (exact) mass is 248 g/mol. The quantitative estimate of drug-likeness (QED) is 0.869. The molecule has 1 aromatic rings. The average molecular weight is 248 g/mol. The summed E-state index contributed by atoms with van der Waals surface area (Å²) in [5, 5.41) is 3.55. The highest BCUT2D eigenvalue weighted by Gasteiger charge is 2.17. The van der Waals surface area contributed by atoms with E-state index in [2.05, 4.69) is 17.2 Å². The summed E-state index contributed by atoms with van der Waals surface area (Å²) in [5.74, 6) is 2.50. The molecule has 1 heterocycles. The Morgan fingerprint density at radius 2 is 2.11 bits per heavy atom. The first kappa shape index (κ1) is 13.3. The molecule has 0 bridgehead atoms. The fraction of sp³-hybridized carbons (Fsp3) is 0.667. The van der Waals surface area contributed by atoms with Crippen LogP contribution in [0.4, 0.5) is 0 Å². The third kappa shape index (κ3) is 3.98. The zero-order chi connectivity index (χ0) is 12.8. The second-order valence-corrected chi connectivity index (χ2v) is 5.46. The Hall–Kier alpha value is -1.09. The highest BCUT2D eigenvalue weighted by Crippen LogP contribution is 2.27. The van der Waals surface area contributed by atoms with Crippen molar-refractivity contribution in [2.45, 2.75) is 39.2 Å². The molecule has 0 aliphatic heterocycles. The molecule has 0 radical (unpaired) electrons. The number of methoxy groups -OCH3 is 1. The lowest BCUT2D eigenvalue weighted by Crippen LogP contribution is -2.25. The lowest BCUT2D eigenvalue weighted by Gasteiger charge is -2.26. The minimum atomic E-state index is 0.695. The average Bonchev–Trinajstić information content (AvgIpc) is 2.41. The Morgan fingerprint density at radius 3 is 2.83 bits per heavy atom. The van der Waals surface area contributed by atoms with Crippen LogP contribution in [0.25, 0.3) is 0 Å². The fourth-order valence-corrected chi connectivity index (χ4v) is 2.63. The van der Waals surface area contributed by atoms with Gasteiger partial charge in [0.2, 0.25) is 5.88 Å². The maximum absolute atomic E-state index is 5.12. The van der Waals surface area contributed by atoms with Crippen molar-refractivity contribution in [3.8, 4) is 5.88 Å². The molecule has 1 aromatic heterocycles. The molecule has 18 heavy (non-hydrogen) atoms. The Kier molecular flexibility index (Phi) is 5.00. The Bertz CT molecular complexity index is 359. The highest BCUT2D eigenvalue weighted by atomic mass is 16.5. The normalized spacial score (nSPS) is 23.9. The summed E-state index contributed by atoms with van der Waals surface area (Å²) in [5.41, 5.74) is 1.24. The van der Waals surface area contributed by atoms with Gasteiger partial charge in [-0.2, -0.15) is 0 Å². The number of rotatable bonds is 5. The standard InChI is InChI=1S/C15H24N2O/c1-12-3-5-13(6-4-12)10-16-11-14-7-8-17-15(9-14)18-2/h7-9,12-13,16H,3-6,10-11H2,1-2H3.